The highest BCUT2D eigenvalue weighted by atomic mass is 16.4. The minimum atomic E-state index is -0.866. The van der Waals surface area contributed by atoms with Crippen molar-refractivity contribution in [3.63, 3.8) is 0 Å². The number of hydrogen-bond donors (Lipinski definition) is 1. The summed E-state index contributed by atoms with van der Waals surface area (Å²) in [6.07, 6.45) is 2.73. The quantitative estimate of drug-likeness (QED) is 0.809. The summed E-state index contributed by atoms with van der Waals surface area (Å²) in [4.78, 5) is 11.1. The van der Waals surface area contributed by atoms with Crippen LogP contribution < -0.4 is 0 Å². The summed E-state index contributed by atoms with van der Waals surface area (Å²) < 4.78 is 5.51. The van der Waals surface area contributed by atoms with Crippen LogP contribution in [-0.2, 0) is 12.8 Å². The van der Waals surface area contributed by atoms with E-state index in [0.29, 0.717) is 11.3 Å². The van der Waals surface area contributed by atoms with Gasteiger partial charge in [0.1, 0.15) is 17.1 Å². The van der Waals surface area contributed by atoms with Crippen molar-refractivity contribution in [2.24, 2.45) is 5.41 Å². The van der Waals surface area contributed by atoms with E-state index in [1.807, 2.05) is 13.8 Å². The Balaban J connectivity index is 0.000000686. The number of fused-ring (bicyclic) bond motifs is 1. The molecule has 0 fully saturated rings. The molecular weight excluding hydrogens is 216 g/mol. The largest absolute Gasteiger partial charge is 0.478 e. The average molecular weight is 238 g/mol. The molecule has 0 aromatic carbocycles. The van der Waals surface area contributed by atoms with Gasteiger partial charge in [-0.3, -0.25) is 0 Å². The van der Waals surface area contributed by atoms with E-state index >= 15 is 0 Å². The second kappa shape index (κ2) is 4.94. The highest BCUT2D eigenvalue weighted by molar-refractivity contribution is 5.91. The van der Waals surface area contributed by atoms with Gasteiger partial charge in [0.15, 0.2) is 0 Å². The zero-order valence-electron chi connectivity index (χ0n) is 11.4. The summed E-state index contributed by atoms with van der Waals surface area (Å²) in [5.41, 5.74) is 1.49. The van der Waals surface area contributed by atoms with Crippen LogP contribution in [0.4, 0.5) is 0 Å². The Morgan fingerprint density at radius 1 is 1.35 bits per heavy atom. The van der Waals surface area contributed by atoms with Gasteiger partial charge in [0.05, 0.1) is 0 Å². The maximum Gasteiger partial charge on any atom is 0.339 e. The van der Waals surface area contributed by atoms with E-state index in [1.165, 1.54) is 0 Å². The van der Waals surface area contributed by atoms with Crippen LogP contribution in [0.3, 0.4) is 0 Å². The first-order valence-corrected chi connectivity index (χ1v) is 6.25. The first-order valence-electron chi connectivity index (χ1n) is 6.25. The molecule has 0 unspecified atom stereocenters. The lowest BCUT2D eigenvalue weighted by Gasteiger charge is -2.28. The first-order chi connectivity index (χ1) is 7.91. The Labute approximate surface area is 103 Å². The predicted molar refractivity (Wildman–Crippen MR) is 67.6 cm³/mol. The summed E-state index contributed by atoms with van der Waals surface area (Å²) in [6.45, 7) is 10.1. The van der Waals surface area contributed by atoms with Crippen LogP contribution in [0.5, 0.6) is 0 Å². The van der Waals surface area contributed by atoms with Crippen molar-refractivity contribution < 1.29 is 14.3 Å². The SMILES string of the molecule is CC.Cc1oc2c(c1C(=O)O)CC(C)(C)CC2. The molecule has 96 valence electrons. The normalized spacial score (nSPS) is 16.8. The molecule has 1 aliphatic rings. The summed E-state index contributed by atoms with van der Waals surface area (Å²) in [6, 6.07) is 0. The molecule has 0 radical (unpaired) electrons. The number of rotatable bonds is 1. The molecule has 17 heavy (non-hydrogen) atoms. The van der Waals surface area contributed by atoms with Gasteiger partial charge >= 0.3 is 5.97 Å². The van der Waals surface area contributed by atoms with Crippen molar-refractivity contribution in [1.29, 1.82) is 0 Å². The van der Waals surface area contributed by atoms with E-state index < -0.39 is 5.97 Å². The third-order valence-corrected chi connectivity index (χ3v) is 3.16. The van der Waals surface area contributed by atoms with Gasteiger partial charge in [0.2, 0.25) is 0 Å². The maximum atomic E-state index is 11.1. The number of aryl methyl sites for hydroxylation is 2. The molecule has 3 nitrogen and oxygen atoms in total. The summed E-state index contributed by atoms with van der Waals surface area (Å²) in [5, 5.41) is 9.12. The van der Waals surface area contributed by atoms with Crippen molar-refractivity contribution >= 4 is 5.97 Å². The predicted octanol–water partition coefficient (Wildman–Crippen LogP) is 3.83. The molecule has 0 atom stereocenters. The fourth-order valence-corrected chi connectivity index (χ4v) is 2.34. The van der Waals surface area contributed by atoms with Gasteiger partial charge in [-0.15, -0.1) is 0 Å². The summed E-state index contributed by atoms with van der Waals surface area (Å²) >= 11 is 0. The van der Waals surface area contributed by atoms with Gasteiger partial charge in [-0.1, -0.05) is 27.7 Å². The van der Waals surface area contributed by atoms with Crippen LogP contribution in [0.2, 0.25) is 0 Å². The summed E-state index contributed by atoms with van der Waals surface area (Å²) in [5.74, 6) is 0.560. The fourth-order valence-electron chi connectivity index (χ4n) is 2.34. The Bertz CT molecular complexity index is 413. The van der Waals surface area contributed by atoms with Crippen molar-refractivity contribution in [3.05, 3.63) is 22.6 Å². The van der Waals surface area contributed by atoms with Crippen molar-refractivity contribution in [2.45, 2.75) is 53.9 Å². The maximum absolute atomic E-state index is 11.1. The average Bonchev–Trinajstić information content (AvgIpc) is 2.55. The minimum absolute atomic E-state index is 0.188. The van der Waals surface area contributed by atoms with Crippen molar-refractivity contribution in [2.75, 3.05) is 0 Å². The molecule has 3 heteroatoms. The minimum Gasteiger partial charge on any atom is -0.478 e. The molecule has 1 aliphatic carbocycles. The van der Waals surface area contributed by atoms with Gasteiger partial charge < -0.3 is 9.52 Å². The lowest BCUT2D eigenvalue weighted by molar-refractivity contribution is 0.0693. The number of hydrogen-bond acceptors (Lipinski definition) is 2. The third kappa shape index (κ3) is 2.71. The molecule has 1 N–H and O–H groups in total. The van der Waals surface area contributed by atoms with Gasteiger partial charge in [0.25, 0.3) is 0 Å². The van der Waals surface area contributed by atoms with Gasteiger partial charge in [-0.05, 0) is 25.2 Å². The highest BCUT2D eigenvalue weighted by Gasteiger charge is 2.32. The molecule has 0 amide bonds. The van der Waals surface area contributed by atoms with E-state index in [1.54, 1.807) is 6.92 Å². The first kappa shape index (κ1) is 13.8. The third-order valence-electron chi connectivity index (χ3n) is 3.16. The van der Waals surface area contributed by atoms with Crippen molar-refractivity contribution in [3.8, 4) is 0 Å². The Hall–Kier alpha value is -1.25. The fraction of sp³-hybridized carbons (Fsp3) is 0.643. The van der Waals surface area contributed by atoms with Crippen LogP contribution in [0.25, 0.3) is 0 Å². The van der Waals surface area contributed by atoms with Gasteiger partial charge in [0, 0.05) is 12.0 Å². The van der Waals surface area contributed by atoms with Gasteiger partial charge in [-0.2, -0.15) is 0 Å². The second-order valence-electron chi connectivity index (χ2n) is 5.08. The Kier molecular flexibility index (Phi) is 4.02. The molecule has 1 aromatic heterocycles. The number of aromatic carboxylic acids is 1. The number of carboxylic acids is 1. The van der Waals surface area contributed by atoms with E-state index in [-0.39, 0.29) is 5.41 Å². The molecular formula is C14H22O3. The summed E-state index contributed by atoms with van der Waals surface area (Å²) in [7, 11) is 0. The monoisotopic (exact) mass is 238 g/mol. The zero-order chi connectivity index (χ0) is 13.2. The van der Waals surface area contributed by atoms with E-state index in [0.717, 1.165) is 30.6 Å². The molecule has 2 rings (SSSR count). The van der Waals surface area contributed by atoms with Gasteiger partial charge in [-0.25, -0.2) is 4.79 Å². The molecule has 0 saturated heterocycles. The van der Waals surface area contributed by atoms with Crippen LogP contribution in [0, 0.1) is 12.3 Å². The topological polar surface area (TPSA) is 50.4 Å². The van der Waals surface area contributed by atoms with E-state index in [2.05, 4.69) is 13.8 Å². The molecule has 1 heterocycles. The van der Waals surface area contributed by atoms with E-state index in [9.17, 15) is 4.79 Å². The van der Waals surface area contributed by atoms with E-state index in [4.69, 9.17) is 9.52 Å². The molecule has 0 saturated carbocycles. The zero-order valence-corrected chi connectivity index (χ0v) is 11.4. The molecule has 0 bridgehead atoms. The number of carbonyl (C=O) groups is 1. The molecule has 0 spiro atoms. The lowest BCUT2D eigenvalue weighted by Crippen LogP contribution is -2.22. The molecule has 1 aromatic rings. The van der Waals surface area contributed by atoms with Crippen molar-refractivity contribution in [1.82, 2.24) is 0 Å². The van der Waals surface area contributed by atoms with Crippen LogP contribution in [0.15, 0.2) is 4.42 Å². The van der Waals surface area contributed by atoms with Crippen LogP contribution >= 0.6 is 0 Å². The Morgan fingerprint density at radius 3 is 2.47 bits per heavy atom. The lowest BCUT2D eigenvalue weighted by atomic mass is 9.76. The number of furan rings is 1. The smallest absolute Gasteiger partial charge is 0.339 e. The molecule has 0 aliphatic heterocycles. The number of carboxylic acid groups (broad SMARTS) is 1. The van der Waals surface area contributed by atoms with Crippen LogP contribution in [-0.4, -0.2) is 11.1 Å². The standard InChI is InChI=1S/C12H16O3.C2H6/c1-7-10(11(13)14)8-6-12(2,3)5-4-9(8)15-7;1-2/h4-6H2,1-3H3,(H,13,14);1-2H3. The van der Waals surface area contributed by atoms with Crippen LogP contribution in [0.1, 0.15) is 61.6 Å². The second-order valence-corrected chi connectivity index (χ2v) is 5.08. The highest BCUT2D eigenvalue weighted by Crippen LogP contribution is 2.38. The Morgan fingerprint density at radius 2 is 1.94 bits per heavy atom.